The topological polar surface area (TPSA) is 45.7 Å². The van der Waals surface area contributed by atoms with Crippen molar-refractivity contribution in [1.29, 1.82) is 0 Å². The molecule has 0 radical (unpaired) electrons. The Labute approximate surface area is 173 Å². The molecular weight excluding hydrogens is 390 g/mol. The number of aromatic nitrogens is 1. The lowest BCUT2D eigenvalue weighted by Crippen LogP contribution is -2.50. The first-order valence-corrected chi connectivity index (χ1v) is 11.3. The SMILES string of the molecule is CSc1cccc2sc(N3CCN(C(=O)COc4cccc(C)c4)CC3)nc12. The minimum Gasteiger partial charge on any atom is -0.484 e. The molecular formula is C21H23N3O2S2. The van der Waals surface area contributed by atoms with Gasteiger partial charge in [-0.3, -0.25) is 4.79 Å². The number of amides is 1. The molecule has 3 aromatic rings. The van der Waals surface area contributed by atoms with Crippen LogP contribution in [0.4, 0.5) is 5.13 Å². The van der Waals surface area contributed by atoms with Crippen LogP contribution in [-0.4, -0.2) is 54.8 Å². The van der Waals surface area contributed by atoms with Gasteiger partial charge >= 0.3 is 0 Å². The van der Waals surface area contributed by atoms with E-state index in [0.29, 0.717) is 13.1 Å². The molecule has 7 heteroatoms. The van der Waals surface area contributed by atoms with Gasteiger partial charge in [-0.2, -0.15) is 0 Å². The van der Waals surface area contributed by atoms with Crippen molar-refractivity contribution < 1.29 is 9.53 Å². The predicted octanol–water partition coefficient (Wildman–Crippen LogP) is 4.05. The standard InChI is InChI=1S/C21H23N3O2S2/c1-15-5-3-6-16(13-15)26-14-19(25)23-9-11-24(12-10-23)21-22-20-17(27-2)7-4-8-18(20)28-21/h3-8,13H,9-12,14H2,1-2H3. The van der Waals surface area contributed by atoms with Crippen molar-refractivity contribution in [3.05, 3.63) is 48.0 Å². The van der Waals surface area contributed by atoms with E-state index < -0.39 is 0 Å². The highest BCUT2D eigenvalue weighted by molar-refractivity contribution is 7.98. The average molecular weight is 414 g/mol. The van der Waals surface area contributed by atoms with Crippen LogP contribution < -0.4 is 9.64 Å². The summed E-state index contributed by atoms with van der Waals surface area (Å²) in [5.41, 5.74) is 2.21. The van der Waals surface area contributed by atoms with E-state index in [1.807, 2.05) is 36.1 Å². The van der Waals surface area contributed by atoms with Crippen molar-refractivity contribution in [2.75, 3.05) is 43.9 Å². The zero-order valence-corrected chi connectivity index (χ0v) is 17.7. The lowest BCUT2D eigenvalue weighted by molar-refractivity contribution is -0.133. The average Bonchev–Trinajstić information content (AvgIpc) is 3.16. The Morgan fingerprint density at radius 3 is 2.71 bits per heavy atom. The molecule has 1 amide bonds. The number of rotatable bonds is 5. The van der Waals surface area contributed by atoms with Gasteiger partial charge in [-0.05, 0) is 43.0 Å². The number of fused-ring (bicyclic) bond motifs is 1. The molecule has 0 bridgehead atoms. The summed E-state index contributed by atoms with van der Waals surface area (Å²) < 4.78 is 6.88. The zero-order chi connectivity index (χ0) is 19.5. The fraction of sp³-hybridized carbons (Fsp3) is 0.333. The third-order valence-corrected chi connectivity index (χ3v) is 6.70. The maximum absolute atomic E-state index is 12.5. The highest BCUT2D eigenvalue weighted by Gasteiger charge is 2.23. The second-order valence-corrected chi connectivity index (χ2v) is 8.63. The maximum atomic E-state index is 12.5. The van der Waals surface area contributed by atoms with E-state index in [1.54, 1.807) is 23.1 Å². The van der Waals surface area contributed by atoms with E-state index >= 15 is 0 Å². The number of hydrogen-bond acceptors (Lipinski definition) is 6. The number of carbonyl (C=O) groups is 1. The lowest BCUT2D eigenvalue weighted by atomic mass is 10.2. The number of ether oxygens (including phenoxy) is 1. The molecule has 1 aliphatic rings. The predicted molar refractivity (Wildman–Crippen MR) is 117 cm³/mol. The third kappa shape index (κ3) is 4.10. The van der Waals surface area contributed by atoms with Crippen LogP contribution in [0.15, 0.2) is 47.4 Å². The number of piperazine rings is 1. The Bertz CT molecular complexity index is 981. The number of benzene rings is 2. The van der Waals surface area contributed by atoms with E-state index in [9.17, 15) is 4.79 Å². The fourth-order valence-corrected chi connectivity index (χ4v) is 4.97. The Morgan fingerprint density at radius 2 is 1.96 bits per heavy atom. The number of hydrogen-bond donors (Lipinski definition) is 0. The van der Waals surface area contributed by atoms with Gasteiger partial charge in [-0.1, -0.05) is 29.5 Å². The molecule has 1 fully saturated rings. The summed E-state index contributed by atoms with van der Waals surface area (Å²) >= 11 is 3.45. The molecule has 1 saturated heterocycles. The van der Waals surface area contributed by atoms with Crippen molar-refractivity contribution in [2.45, 2.75) is 11.8 Å². The molecule has 146 valence electrons. The van der Waals surface area contributed by atoms with E-state index in [0.717, 1.165) is 35.1 Å². The highest BCUT2D eigenvalue weighted by Crippen LogP contribution is 2.34. The first-order chi connectivity index (χ1) is 13.6. The lowest BCUT2D eigenvalue weighted by Gasteiger charge is -2.34. The Morgan fingerprint density at radius 1 is 1.18 bits per heavy atom. The van der Waals surface area contributed by atoms with Gasteiger partial charge in [0.1, 0.15) is 5.75 Å². The number of anilines is 1. The molecule has 0 saturated carbocycles. The van der Waals surface area contributed by atoms with Gasteiger partial charge < -0.3 is 14.5 Å². The molecule has 0 aliphatic carbocycles. The molecule has 4 rings (SSSR count). The van der Waals surface area contributed by atoms with Gasteiger partial charge in [0.25, 0.3) is 5.91 Å². The second kappa shape index (κ2) is 8.41. The molecule has 0 N–H and O–H groups in total. The maximum Gasteiger partial charge on any atom is 0.260 e. The third-order valence-electron chi connectivity index (χ3n) is 4.85. The number of thiazole rings is 1. The first-order valence-electron chi connectivity index (χ1n) is 9.30. The van der Waals surface area contributed by atoms with Gasteiger partial charge in [0.2, 0.25) is 0 Å². The fourth-order valence-electron chi connectivity index (χ4n) is 3.30. The van der Waals surface area contributed by atoms with Gasteiger partial charge in [0.05, 0.1) is 10.2 Å². The van der Waals surface area contributed by atoms with Crippen molar-refractivity contribution in [1.82, 2.24) is 9.88 Å². The van der Waals surface area contributed by atoms with Gasteiger partial charge in [0.15, 0.2) is 11.7 Å². The Hall–Kier alpha value is -2.25. The molecule has 28 heavy (non-hydrogen) atoms. The summed E-state index contributed by atoms with van der Waals surface area (Å²) in [6, 6.07) is 14.1. The van der Waals surface area contributed by atoms with Crippen LogP contribution in [0.1, 0.15) is 5.56 Å². The van der Waals surface area contributed by atoms with Crippen LogP contribution in [-0.2, 0) is 4.79 Å². The monoisotopic (exact) mass is 413 g/mol. The van der Waals surface area contributed by atoms with Crippen LogP contribution >= 0.6 is 23.1 Å². The number of para-hydroxylation sites is 1. The van der Waals surface area contributed by atoms with Crippen LogP contribution in [0.3, 0.4) is 0 Å². The highest BCUT2D eigenvalue weighted by atomic mass is 32.2. The number of aryl methyl sites for hydroxylation is 1. The van der Waals surface area contributed by atoms with E-state index in [-0.39, 0.29) is 12.5 Å². The molecule has 1 aliphatic heterocycles. The van der Waals surface area contributed by atoms with E-state index in [2.05, 4.69) is 29.4 Å². The largest absolute Gasteiger partial charge is 0.484 e. The Balaban J connectivity index is 1.34. The zero-order valence-electron chi connectivity index (χ0n) is 16.1. The summed E-state index contributed by atoms with van der Waals surface area (Å²) in [5, 5.41) is 1.04. The Kier molecular flexibility index (Phi) is 5.73. The van der Waals surface area contributed by atoms with E-state index in [1.165, 1.54) is 9.60 Å². The minimum absolute atomic E-state index is 0.0372. The summed E-state index contributed by atoms with van der Waals surface area (Å²) in [5.74, 6) is 0.779. The van der Waals surface area contributed by atoms with E-state index in [4.69, 9.17) is 9.72 Å². The van der Waals surface area contributed by atoms with Gasteiger partial charge in [-0.25, -0.2) is 4.98 Å². The summed E-state index contributed by atoms with van der Waals surface area (Å²) in [7, 11) is 0. The molecule has 2 heterocycles. The summed E-state index contributed by atoms with van der Waals surface area (Å²) in [6.07, 6.45) is 2.08. The van der Waals surface area contributed by atoms with Crippen LogP contribution in [0.2, 0.25) is 0 Å². The summed E-state index contributed by atoms with van der Waals surface area (Å²) in [6.45, 7) is 5.08. The van der Waals surface area contributed by atoms with Gasteiger partial charge in [0, 0.05) is 31.1 Å². The van der Waals surface area contributed by atoms with Crippen molar-refractivity contribution in [3.63, 3.8) is 0 Å². The van der Waals surface area contributed by atoms with Gasteiger partial charge in [-0.15, -0.1) is 11.8 Å². The first kappa shape index (κ1) is 19.1. The van der Waals surface area contributed by atoms with Crippen molar-refractivity contribution in [2.24, 2.45) is 0 Å². The molecule has 0 atom stereocenters. The molecule has 1 aromatic heterocycles. The quantitative estimate of drug-likeness (QED) is 0.591. The number of nitrogens with zero attached hydrogens (tertiary/aromatic N) is 3. The molecule has 2 aromatic carbocycles. The van der Waals surface area contributed by atoms with Crippen LogP contribution in [0.25, 0.3) is 10.2 Å². The van der Waals surface area contributed by atoms with Crippen LogP contribution in [0.5, 0.6) is 5.75 Å². The minimum atomic E-state index is 0.0372. The van der Waals surface area contributed by atoms with Crippen LogP contribution in [0, 0.1) is 6.92 Å². The number of thioether (sulfide) groups is 1. The number of carbonyl (C=O) groups excluding carboxylic acids is 1. The van der Waals surface area contributed by atoms with Crippen molar-refractivity contribution >= 4 is 44.4 Å². The normalized spacial score (nSPS) is 14.5. The summed E-state index contributed by atoms with van der Waals surface area (Å²) in [4.78, 5) is 22.7. The smallest absolute Gasteiger partial charge is 0.260 e. The molecule has 5 nitrogen and oxygen atoms in total. The molecule has 0 spiro atoms. The molecule has 0 unspecified atom stereocenters. The van der Waals surface area contributed by atoms with Crippen molar-refractivity contribution in [3.8, 4) is 5.75 Å². The second-order valence-electron chi connectivity index (χ2n) is 6.78.